The zero-order chi connectivity index (χ0) is 16.1. The van der Waals surface area contributed by atoms with Crippen LogP contribution in [0.25, 0.3) is 0 Å². The summed E-state index contributed by atoms with van der Waals surface area (Å²) in [7, 11) is 0. The Kier molecular flexibility index (Phi) is 5.65. The Morgan fingerprint density at radius 1 is 0.957 bits per heavy atom. The number of nitrogens with zero attached hydrogens (tertiary/aromatic N) is 3. The van der Waals surface area contributed by atoms with Gasteiger partial charge >= 0.3 is 4.87 Å². The van der Waals surface area contributed by atoms with Crippen LogP contribution in [0.2, 0.25) is 0 Å². The number of rotatable bonds is 6. The van der Waals surface area contributed by atoms with Gasteiger partial charge in [-0.2, -0.15) is 0 Å². The Balaban J connectivity index is 1.39. The lowest BCUT2D eigenvalue weighted by molar-refractivity contribution is 0.130. The monoisotopic (exact) mass is 331 g/mol. The molecule has 0 spiro atoms. The minimum absolute atomic E-state index is 0.170. The molecule has 0 unspecified atom stereocenters. The minimum atomic E-state index is 0.170. The van der Waals surface area contributed by atoms with Gasteiger partial charge in [-0.15, -0.1) is 0 Å². The predicted octanol–water partition coefficient (Wildman–Crippen LogP) is 2.08. The quantitative estimate of drug-likeness (QED) is 0.811. The van der Waals surface area contributed by atoms with Crippen LogP contribution in [-0.2, 0) is 13.0 Å². The summed E-state index contributed by atoms with van der Waals surface area (Å²) in [6, 6.07) is 10.7. The van der Waals surface area contributed by atoms with E-state index in [0.717, 1.165) is 57.9 Å². The van der Waals surface area contributed by atoms with E-state index >= 15 is 0 Å². The molecule has 2 aromatic rings. The average molecular weight is 331 g/mol. The molecule has 1 aliphatic rings. The van der Waals surface area contributed by atoms with Gasteiger partial charge in [-0.25, -0.2) is 0 Å². The summed E-state index contributed by atoms with van der Waals surface area (Å²) in [5, 5.41) is 1.95. The van der Waals surface area contributed by atoms with Gasteiger partial charge in [0.15, 0.2) is 0 Å². The second-order valence-electron chi connectivity index (χ2n) is 6.21. The molecule has 2 heterocycles. The minimum Gasteiger partial charge on any atom is -0.302 e. The zero-order valence-corrected chi connectivity index (χ0v) is 14.6. The predicted molar refractivity (Wildman–Crippen MR) is 96.3 cm³/mol. The van der Waals surface area contributed by atoms with E-state index in [9.17, 15) is 4.79 Å². The summed E-state index contributed by atoms with van der Waals surface area (Å²) in [5.74, 6) is 0. The van der Waals surface area contributed by atoms with Crippen LogP contribution in [0.4, 0.5) is 0 Å². The summed E-state index contributed by atoms with van der Waals surface area (Å²) < 4.78 is 1.90. The zero-order valence-electron chi connectivity index (χ0n) is 13.8. The van der Waals surface area contributed by atoms with Gasteiger partial charge in [0.25, 0.3) is 0 Å². The van der Waals surface area contributed by atoms with E-state index in [0.29, 0.717) is 0 Å². The normalized spacial score (nSPS) is 16.7. The van der Waals surface area contributed by atoms with Gasteiger partial charge in [-0.1, -0.05) is 41.7 Å². The van der Waals surface area contributed by atoms with Gasteiger partial charge in [-0.3, -0.25) is 9.69 Å². The van der Waals surface area contributed by atoms with Gasteiger partial charge in [0.05, 0.1) is 0 Å². The first-order chi connectivity index (χ1) is 11.2. The number of thiazole rings is 1. The highest BCUT2D eigenvalue weighted by molar-refractivity contribution is 7.07. The van der Waals surface area contributed by atoms with Crippen LogP contribution in [0, 0.1) is 6.92 Å². The van der Waals surface area contributed by atoms with Crippen LogP contribution in [-0.4, -0.2) is 53.6 Å². The van der Waals surface area contributed by atoms with Gasteiger partial charge in [0.1, 0.15) is 0 Å². The van der Waals surface area contributed by atoms with Crippen molar-refractivity contribution in [2.75, 3.05) is 39.3 Å². The SMILES string of the molecule is Cc1csc(=O)n1CCN1CCN(CCc2ccccc2)CC1. The van der Waals surface area contributed by atoms with Crippen LogP contribution >= 0.6 is 11.3 Å². The Morgan fingerprint density at radius 3 is 2.22 bits per heavy atom. The first-order valence-electron chi connectivity index (χ1n) is 8.36. The maximum atomic E-state index is 11.7. The summed E-state index contributed by atoms with van der Waals surface area (Å²) in [6.45, 7) is 9.41. The highest BCUT2D eigenvalue weighted by Crippen LogP contribution is 2.06. The first kappa shape index (κ1) is 16.4. The smallest absolute Gasteiger partial charge is 0.302 e. The molecule has 1 fully saturated rings. The molecular formula is C18H25N3OS. The summed E-state index contributed by atoms with van der Waals surface area (Å²) in [6.07, 6.45) is 1.13. The van der Waals surface area contributed by atoms with E-state index < -0.39 is 0 Å². The molecular weight excluding hydrogens is 306 g/mol. The van der Waals surface area contributed by atoms with Crippen LogP contribution < -0.4 is 4.87 Å². The first-order valence-corrected chi connectivity index (χ1v) is 9.24. The van der Waals surface area contributed by atoms with Crippen molar-refractivity contribution in [3.05, 3.63) is 56.6 Å². The summed E-state index contributed by atoms with van der Waals surface area (Å²) >= 11 is 1.30. The summed E-state index contributed by atoms with van der Waals surface area (Å²) in [5.41, 5.74) is 2.50. The molecule has 0 aliphatic carbocycles. The second kappa shape index (κ2) is 7.90. The second-order valence-corrected chi connectivity index (χ2v) is 7.03. The van der Waals surface area contributed by atoms with E-state index in [-0.39, 0.29) is 4.87 Å². The van der Waals surface area contributed by atoms with Gasteiger partial charge in [0.2, 0.25) is 0 Å². The van der Waals surface area contributed by atoms with E-state index in [4.69, 9.17) is 0 Å². The molecule has 1 aromatic heterocycles. The number of aromatic nitrogens is 1. The van der Waals surface area contributed by atoms with Crippen molar-refractivity contribution in [2.45, 2.75) is 19.9 Å². The Hall–Kier alpha value is -1.43. The molecule has 0 atom stereocenters. The molecule has 0 radical (unpaired) electrons. The number of aryl methyl sites for hydroxylation is 1. The molecule has 0 N–H and O–H groups in total. The maximum Gasteiger partial charge on any atom is 0.307 e. The Morgan fingerprint density at radius 2 is 1.61 bits per heavy atom. The number of hydrogen-bond acceptors (Lipinski definition) is 4. The molecule has 4 nitrogen and oxygen atoms in total. The third-order valence-electron chi connectivity index (χ3n) is 4.64. The number of hydrogen-bond donors (Lipinski definition) is 0. The summed E-state index contributed by atoms with van der Waals surface area (Å²) in [4.78, 5) is 16.9. The van der Waals surface area contributed by atoms with Crippen molar-refractivity contribution in [3.8, 4) is 0 Å². The molecule has 124 valence electrons. The van der Waals surface area contributed by atoms with Gasteiger partial charge < -0.3 is 9.47 Å². The topological polar surface area (TPSA) is 28.5 Å². The third-order valence-corrected chi connectivity index (χ3v) is 5.52. The van der Waals surface area contributed by atoms with Crippen LogP contribution in [0.1, 0.15) is 11.3 Å². The average Bonchev–Trinajstić information content (AvgIpc) is 2.91. The number of benzene rings is 1. The van der Waals surface area contributed by atoms with E-state index in [1.165, 1.54) is 16.9 Å². The fraction of sp³-hybridized carbons (Fsp3) is 0.500. The Bertz CT molecular complexity index is 656. The van der Waals surface area contributed by atoms with Crippen molar-refractivity contribution in [1.29, 1.82) is 0 Å². The van der Waals surface area contributed by atoms with Crippen molar-refractivity contribution < 1.29 is 0 Å². The fourth-order valence-electron chi connectivity index (χ4n) is 3.08. The van der Waals surface area contributed by atoms with E-state index in [2.05, 4.69) is 40.1 Å². The molecule has 0 bridgehead atoms. The lowest BCUT2D eigenvalue weighted by Gasteiger charge is -2.34. The number of piperazine rings is 1. The molecule has 0 amide bonds. The molecule has 1 saturated heterocycles. The molecule has 5 heteroatoms. The lowest BCUT2D eigenvalue weighted by atomic mass is 10.1. The van der Waals surface area contributed by atoms with E-state index in [1.54, 1.807) is 0 Å². The van der Waals surface area contributed by atoms with Gasteiger partial charge in [0, 0.05) is 56.9 Å². The van der Waals surface area contributed by atoms with Gasteiger partial charge in [-0.05, 0) is 18.9 Å². The standard InChI is InChI=1S/C18H25N3OS/c1-16-15-23-18(22)21(16)14-13-20-11-9-19(10-12-20)8-7-17-5-3-2-4-6-17/h2-6,15H,7-14H2,1H3. The molecule has 1 aromatic carbocycles. The Labute approximate surface area is 142 Å². The molecule has 0 saturated carbocycles. The molecule has 3 rings (SSSR count). The molecule has 1 aliphatic heterocycles. The van der Waals surface area contributed by atoms with Crippen molar-refractivity contribution in [1.82, 2.24) is 14.4 Å². The van der Waals surface area contributed by atoms with Crippen LogP contribution in [0.15, 0.2) is 40.5 Å². The van der Waals surface area contributed by atoms with Crippen molar-refractivity contribution in [3.63, 3.8) is 0 Å². The molecule has 23 heavy (non-hydrogen) atoms. The van der Waals surface area contributed by atoms with Crippen LogP contribution in [0.3, 0.4) is 0 Å². The van der Waals surface area contributed by atoms with Crippen LogP contribution in [0.5, 0.6) is 0 Å². The lowest BCUT2D eigenvalue weighted by Crippen LogP contribution is -2.47. The highest BCUT2D eigenvalue weighted by atomic mass is 32.1. The fourth-order valence-corrected chi connectivity index (χ4v) is 3.85. The van der Waals surface area contributed by atoms with Crippen molar-refractivity contribution in [2.24, 2.45) is 0 Å². The highest BCUT2D eigenvalue weighted by Gasteiger charge is 2.16. The third kappa shape index (κ3) is 4.53. The van der Waals surface area contributed by atoms with Crippen molar-refractivity contribution >= 4 is 11.3 Å². The maximum absolute atomic E-state index is 11.7. The largest absolute Gasteiger partial charge is 0.307 e. The van der Waals surface area contributed by atoms with E-state index in [1.807, 2.05) is 16.9 Å².